The lowest BCUT2D eigenvalue weighted by molar-refractivity contribution is -0.0135. The van der Waals surface area contributed by atoms with Crippen LogP contribution >= 0.6 is 0 Å². The molecule has 220 valence electrons. The van der Waals surface area contributed by atoms with Gasteiger partial charge in [-0.2, -0.15) is 0 Å². The quantitative estimate of drug-likeness (QED) is 0.343. The molecule has 5 rings (SSSR count). The minimum absolute atomic E-state index is 0.00246. The van der Waals surface area contributed by atoms with Crippen molar-refractivity contribution in [2.24, 2.45) is 5.73 Å². The van der Waals surface area contributed by atoms with Crippen LogP contribution in [0.15, 0.2) is 44.0 Å². The van der Waals surface area contributed by atoms with E-state index in [4.69, 9.17) is 24.7 Å². The van der Waals surface area contributed by atoms with E-state index in [-0.39, 0.29) is 36.0 Å². The van der Waals surface area contributed by atoms with Crippen LogP contribution in [-0.2, 0) is 12.8 Å². The first kappa shape index (κ1) is 29.0. The Bertz CT molecular complexity index is 1360. The summed E-state index contributed by atoms with van der Waals surface area (Å²) in [6, 6.07) is 2.22. The van der Waals surface area contributed by atoms with E-state index in [1.54, 1.807) is 25.3 Å². The Kier molecular flexibility index (Phi) is 8.36. The van der Waals surface area contributed by atoms with Crippen LogP contribution in [0.4, 0.5) is 0 Å². The van der Waals surface area contributed by atoms with Crippen molar-refractivity contribution in [3.8, 4) is 28.7 Å². The predicted molar refractivity (Wildman–Crippen MR) is 162 cm³/mol. The number of benzene rings is 2. The molecule has 3 heterocycles. The molecule has 2 bridgehead atoms. The molecule has 3 aliphatic heterocycles. The highest BCUT2D eigenvalue weighted by atomic mass is 16.5. The topological polar surface area (TPSA) is 98.4 Å². The molecule has 41 heavy (non-hydrogen) atoms. The first-order chi connectivity index (χ1) is 19.8. The van der Waals surface area contributed by atoms with Crippen LogP contribution in [0.5, 0.6) is 28.7 Å². The average Bonchev–Trinajstić information content (AvgIpc) is 2.96. The van der Waals surface area contributed by atoms with Crippen molar-refractivity contribution in [1.82, 2.24) is 10.2 Å². The molecule has 3 aliphatic rings. The monoisotopic (exact) mass is 561 g/mol. The molecule has 1 saturated heterocycles. The van der Waals surface area contributed by atoms with Crippen molar-refractivity contribution in [2.45, 2.75) is 63.8 Å². The third kappa shape index (κ3) is 4.68. The number of methoxy groups -OCH3 is 1. The molecule has 1 fully saturated rings. The number of nitrogens with one attached hydrogen (secondary N) is 1. The maximum atomic E-state index is 11.5. The molecule has 0 aromatic heterocycles. The molecule has 8 heteroatoms. The molecule has 5 atom stereocenters. The number of phenols is 1. The Morgan fingerprint density at radius 1 is 0.976 bits per heavy atom. The first-order valence-corrected chi connectivity index (χ1v) is 14.4. The minimum atomic E-state index is -0.167. The van der Waals surface area contributed by atoms with E-state index in [0.29, 0.717) is 50.0 Å². The number of aromatic hydroxyl groups is 1. The minimum Gasteiger partial charge on any atom is -0.504 e. The first-order valence-electron chi connectivity index (χ1n) is 14.4. The van der Waals surface area contributed by atoms with Gasteiger partial charge in [-0.25, -0.2) is 0 Å². The Hall–Kier alpha value is -3.46. The second-order valence-electron chi connectivity index (χ2n) is 11.1. The Morgan fingerprint density at radius 2 is 1.61 bits per heavy atom. The lowest BCUT2D eigenvalue weighted by atomic mass is 9.72. The van der Waals surface area contributed by atoms with Gasteiger partial charge in [0.25, 0.3) is 0 Å². The Labute approximate surface area is 243 Å². The summed E-state index contributed by atoms with van der Waals surface area (Å²) in [5, 5.41) is 15.4. The summed E-state index contributed by atoms with van der Waals surface area (Å²) in [6.45, 7) is 19.2. The van der Waals surface area contributed by atoms with Crippen molar-refractivity contribution < 1.29 is 24.1 Å². The normalized spacial score (nSPS) is 24.4. The molecular formula is C33H43N3O5. The van der Waals surface area contributed by atoms with Gasteiger partial charge in [-0.1, -0.05) is 44.0 Å². The number of piperazine rings is 1. The summed E-state index contributed by atoms with van der Waals surface area (Å²) < 4.78 is 24.6. The average molecular weight is 562 g/mol. The number of hydrogen-bond donors (Lipinski definition) is 3. The summed E-state index contributed by atoms with van der Waals surface area (Å²) in [5.41, 5.74) is 12.5. The number of ether oxygens (including phenoxy) is 4. The van der Waals surface area contributed by atoms with E-state index < -0.39 is 0 Å². The smallest absolute Gasteiger partial charge is 0.168 e. The summed E-state index contributed by atoms with van der Waals surface area (Å²) >= 11 is 0. The highest BCUT2D eigenvalue weighted by molar-refractivity contribution is 5.66. The lowest BCUT2D eigenvalue weighted by Crippen LogP contribution is -2.68. The summed E-state index contributed by atoms with van der Waals surface area (Å²) in [7, 11) is 1.60. The molecular weight excluding hydrogens is 518 g/mol. The van der Waals surface area contributed by atoms with Crippen LogP contribution in [0.2, 0.25) is 0 Å². The van der Waals surface area contributed by atoms with E-state index in [1.165, 1.54) is 5.56 Å². The fourth-order valence-corrected chi connectivity index (χ4v) is 7.26. The van der Waals surface area contributed by atoms with Gasteiger partial charge < -0.3 is 35.1 Å². The van der Waals surface area contributed by atoms with E-state index >= 15 is 0 Å². The SMILES string of the molecule is C=CCOc1c(C)c(OCC=C)c(OCC=C)c2c1CC1C3NC(Cc4cc(C)c(OC)c(O)c43)C(C)N1C2CN. The maximum absolute atomic E-state index is 11.5. The zero-order valence-electron chi connectivity index (χ0n) is 24.7. The summed E-state index contributed by atoms with van der Waals surface area (Å²) in [4.78, 5) is 2.52. The second kappa shape index (κ2) is 11.8. The fraction of sp³-hybridized carbons (Fsp3) is 0.455. The zero-order valence-corrected chi connectivity index (χ0v) is 24.7. The molecule has 0 aliphatic carbocycles. The summed E-state index contributed by atoms with van der Waals surface area (Å²) in [6.07, 6.45) is 6.66. The van der Waals surface area contributed by atoms with Crippen LogP contribution in [0.3, 0.4) is 0 Å². The Morgan fingerprint density at radius 3 is 2.22 bits per heavy atom. The Balaban J connectivity index is 1.75. The van der Waals surface area contributed by atoms with Crippen LogP contribution in [0.25, 0.3) is 0 Å². The van der Waals surface area contributed by atoms with Gasteiger partial charge >= 0.3 is 0 Å². The van der Waals surface area contributed by atoms with Crippen LogP contribution < -0.4 is 30.0 Å². The number of nitrogens with zero attached hydrogens (tertiary/aromatic N) is 1. The molecule has 0 saturated carbocycles. The number of nitrogens with two attached hydrogens (primary N) is 1. The molecule has 2 aromatic carbocycles. The number of phenolic OH excluding ortho intramolecular Hbond substituents is 1. The van der Waals surface area contributed by atoms with Gasteiger partial charge in [0.05, 0.1) is 19.2 Å². The molecule has 0 radical (unpaired) electrons. The zero-order chi connectivity index (χ0) is 29.4. The molecule has 2 aromatic rings. The third-order valence-corrected chi connectivity index (χ3v) is 8.83. The highest BCUT2D eigenvalue weighted by Gasteiger charge is 2.52. The standard InChI is InChI=1S/C33H43N3O5/c1-8-11-39-31-19(5)32(40-12-9-2)33(41-13-10-3)27-22(31)16-24-28-26-21(14-18(4)30(38-7)29(26)37)15-23(35-28)20(6)36(24)25(27)17-34/h8-10,14,20,23-25,28,35,37H,1-3,11-13,15-17,34H2,4-7H3. The van der Waals surface area contributed by atoms with E-state index in [2.05, 4.69) is 42.9 Å². The molecule has 8 nitrogen and oxygen atoms in total. The largest absolute Gasteiger partial charge is 0.504 e. The van der Waals surface area contributed by atoms with Gasteiger partial charge in [-0.3, -0.25) is 4.90 Å². The van der Waals surface area contributed by atoms with Crippen LogP contribution in [0, 0.1) is 13.8 Å². The van der Waals surface area contributed by atoms with Crippen molar-refractivity contribution in [3.63, 3.8) is 0 Å². The van der Waals surface area contributed by atoms with Crippen LogP contribution in [0.1, 0.15) is 52.4 Å². The number of fused-ring (bicyclic) bond motifs is 7. The predicted octanol–water partition coefficient (Wildman–Crippen LogP) is 4.60. The lowest BCUT2D eigenvalue weighted by Gasteiger charge is -2.58. The van der Waals surface area contributed by atoms with Gasteiger partial charge in [-0.05, 0) is 44.7 Å². The van der Waals surface area contributed by atoms with E-state index in [0.717, 1.165) is 40.0 Å². The third-order valence-electron chi connectivity index (χ3n) is 8.83. The number of rotatable bonds is 11. The second-order valence-corrected chi connectivity index (χ2v) is 11.1. The molecule has 0 amide bonds. The van der Waals surface area contributed by atoms with Crippen molar-refractivity contribution in [3.05, 3.63) is 77.4 Å². The van der Waals surface area contributed by atoms with Crippen LogP contribution in [-0.4, -0.2) is 61.6 Å². The van der Waals surface area contributed by atoms with Gasteiger partial charge in [0.2, 0.25) is 0 Å². The number of aryl methyl sites for hydroxylation is 1. The van der Waals surface area contributed by atoms with Gasteiger partial charge in [0.1, 0.15) is 25.6 Å². The van der Waals surface area contributed by atoms with E-state index in [1.807, 2.05) is 13.8 Å². The molecule has 5 unspecified atom stereocenters. The van der Waals surface area contributed by atoms with Gasteiger partial charge in [0.15, 0.2) is 23.0 Å². The highest BCUT2D eigenvalue weighted by Crippen LogP contribution is 2.55. The molecule has 0 spiro atoms. The maximum Gasteiger partial charge on any atom is 0.168 e. The van der Waals surface area contributed by atoms with Crippen molar-refractivity contribution in [2.75, 3.05) is 33.5 Å². The van der Waals surface area contributed by atoms with E-state index in [9.17, 15) is 5.11 Å². The fourth-order valence-electron chi connectivity index (χ4n) is 7.26. The van der Waals surface area contributed by atoms with Gasteiger partial charge in [-0.15, -0.1) is 0 Å². The van der Waals surface area contributed by atoms with Gasteiger partial charge in [0, 0.05) is 46.9 Å². The number of hydrogen-bond acceptors (Lipinski definition) is 8. The van der Waals surface area contributed by atoms with Crippen molar-refractivity contribution >= 4 is 0 Å². The summed E-state index contributed by atoms with van der Waals surface area (Å²) in [5.74, 6) is 2.81. The molecule has 4 N–H and O–H groups in total. The van der Waals surface area contributed by atoms with Crippen molar-refractivity contribution in [1.29, 1.82) is 0 Å².